The van der Waals surface area contributed by atoms with Gasteiger partial charge in [0, 0.05) is 51.0 Å². The summed E-state index contributed by atoms with van der Waals surface area (Å²) in [6.07, 6.45) is 0. The van der Waals surface area contributed by atoms with Crippen LogP contribution in [0.15, 0.2) is 24.3 Å². The van der Waals surface area contributed by atoms with E-state index in [1.807, 2.05) is 0 Å². The highest BCUT2D eigenvalue weighted by Gasteiger charge is 2.33. The molecule has 0 radical (unpaired) electrons. The molecule has 1 unspecified atom stereocenters. The van der Waals surface area contributed by atoms with Crippen LogP contribution in [-0.4, -0.2) is 44.2 Å². The van der Waals surface area contributed by atoms with E-state index in [0.717, 1.165) is 19.6 Å². The van der Waals surface area contributed by atoms with Crippen molar-refractivity contribution in [2.45, 2.75) is 32.4 Å². The van der Waals surface area contributed by atoms with Crippen LogP contribution < -0.4 is 10.2 Å². The van der Waals surface area contributed by atoms with Gasteiger partial charge in [-0.15, -0.1) is 0 Å². The first-order chi connectivity index (χ1) is 8.92. The topological polar surface area (TPSA) is 18.5 Å². The van der Waals surface area contributed by atoms with Crippen molar-refractivity contribution in [3.8, 4) is 0 Å². The second-order valence-corrected chi connectivity index (χ2v) is 6.34. The van der Waals surface area contributed by atoms with Crippen molar-refractivity contribution in [2.24, 2.45) is 0 Å². The lowest BCUT2D eigenvalue weighted by molar-refractivity contribution is 0.0517. The fourth-order valence-electron chi connectivity index (χ4n) is 2.95. The molecule has 1 atom stereocenters. The van der Waals surface area contributed by atoms with E-state index >= 15 is 0 Å². The summed E-state index contributed by atoms with van der Waals surface area (Å²) in [5, 5.41) is 3.49. The van der Waals surface area contributed by atoms with E-state index in [-0.39, 0.29) is 5.54 Å². The number of nitrogens with zero attached hydrogens (tertiary/aromatic N) is 2. The average molecular weight is 261 g/mol. The predicted octanol–water partition coefficient (Wildman–Crippen LogP) is 2.50. The van der Waals surface area contributed by atoms with Gasteiger partial charge >= 0.3 is 0 Å². The Balaban J connectivity index is 2.16. The summed E-state index contributed by atoms with van der Waals surface area (Å²) in [7, 11) is 4.16. The molecule has 0 amide bonds. The average Bonchev–Trinajstić information content (AvgIpc) is 2.37. The fourth-order valence-corrected chi connectivity index (χ4v) is 2.95. The van der Waals surface area contributed by atoms with Gasteiger partial charge < -0.3 is 10.2 Å². The van der Waals surface area contributed by atoms with Gasteiger partial charge in [-0.25, -0.2) is 0 Å². The summed E-state index contributed by atoms with van der Waals surface area (Å²) in [4.78, 5) is 4.75. The number of nitrogens with one attached hydrogen (secondary N) is 1. The highest BCUT2D eigenvalue weighted by atomic mass is 15.3. The molecule has 0 aromatic heterocycles. The minimum atomic E-state index is 0.220. The zero-order valence-corrected chi connectivity index (χ0v) is 12.9. The minimum Gasteiger partial charge on any atom is -0.378 e. The van der Waals surface area contributed by atoms with Gasteiger partial charge in [0.05, 0.1) is 0 Å². The Morgan fingerprint density at radius 2 is 1.84 bits per heavy atom. The molecule has 1 aliphatic heterocycles. The van der Waals surface area contributed by atoms with E-state index in [1.54, 1.807) is 0 Å². The first kappa shape index (κ1) is 14.4. The van der Waals surface area contributed by atoms with E-state index < -0.39 is 0 Å². The standard InChI is InChI=1S/C16H27N3/c1-13(19-11-10-17-12-16(19,2)3)14-6-8-15(9-7-14)18(4)5/h6-9,13,17H,10-12H2,1-5H3. The van der Waals surface area contributed by atoms with Crippen molar-refractivity contribution in [3.63, 3.8) is 0 Å². The van der Waals surface area contributed by atoms with E-state index in [2.05, 4.69) is 74.2 Å². The van der Waals surface area contributed by atoms with Gasteiger partial charge in [0.15, 0.2) is 0 Å². The number of rotatable bonds is 3. The SMILES string of the molecule is CC(c1ccc(N(C)C)cc1)N1CCNCC1(C)C. The second kappa shape index (κ2) is 5.51. The van der Waals surface area contributed by atoms with Crippen molar-refractivity contribution in [3.05, 3.63) is 29.8 Å². The van der Waals surface area contributed by atoms with Crippen molar-refractivity contribution in [2.75, 3.05) is 38.6 Å². The summed E-state index contributed by atoms with van der Waals surface area (Å²) in [5.41, 5.74) is 2.88. The number of hydrogen-bond acceptors (Lipinski definition) is 3. The third-order valence-corrected chi connectivity index (χ3v) is 4.22. The number of anilines is 1. The molecule has 19 heavy (non-hydrogen) atoms. The monoisotopic (exact) mass is 261 g/mol. The Hall–Kier alpha value is -1.06. The Morgan fingerprint density at radius 3 is 2.37 bits per heavy atom. The lowest BCUT2D eigenvalue weighted by Crippen LogP contribution is -2.58. The molecule has 1 aliphatic rings. The van der Waals surface area contributed by atoms with Crippen LogP contribution in [0.3, 0.4) is 0 Å². The molecule has 3 nitrogen and oxygen atoms in total. The summed E-state index contributed by atoms with van der Waals surface area (Å²) in [6, 6.07) is 9.41. The summed E-state index contributed by atoms with van der Waals surface area (Å²) in [5.74, 6) is 0. The second-order valence-electron chi connectivity index (χ2n) is 6.34. The summed E-state index contributed by atoms with van der Waals surface area (Å²) < 4.78 is 0. The molecule has 1 saturated heterocycles. The van der Waals surface area contributed by atoms with Crippen LogP contribution in [0.5, 0.6) is 0 Å². The van der Waals surface area contributed by atoms with Gasteiger partial charge in [0.25, 0.3) is 0 Å². The van der Waals surface area contributed by atoms with Crippen LogP contribution in [0.4, 0.5) is 5.69 Å². The third kappa shape index (κ3) is 3.10. The van der Waals surface area contributed by atoms with Crippen LogP contribution in [0, 0.1) is 0 Å². The molecule has 0 bridgehead atoms. The maximum absolute atomic E-state index is 3.49. The highest BCUT2D eigenvalue weighted by molar-refractivity contribution is 5.46. The van der Waals surface area contributed by atoms with Crippen LogP contribution in [0.2, 0.25) is 0 Å². The third-order valence-electron chi connectivity index (χ3n) is 4.22. The number of hydrogen-bond donors (Lipinski definition) is 1. The first-order valence-corrected chi connectivity index (χ1v) is 7.16. The predicted molar refractivity (Wildman–Crippen MR) is 82.8 cm³/mol. The molecule has 1 N–H and O–H groups in total. The number of benzene rings is 1. The van der Waals surface area contributed by atoms with Crippen molar-refractivity contribution in [1.29, 1.82) is 0 Å². The Bertz CT molecular complexity index is 409. The summed E-state index contributed by atoms with van der Waals surface area (Å²) in [6.45, 7) is 10.2. The lowest BCUT2D eigenvalue weighted by Gasteiger charge is -2.46. The quantitative estimate of drug-likeness (QED) is 0.902. The Kier molecular flexibility index (Phi) is 4.16. The van der Waals surface area contributed by atoms with Gasteiger partial charge in [-0.05, 0) is 38.5 Å². The van der Waals surface area contributed by atoms with Crippen LogP contribution in [-0.2, 0) is 0 Å². The van der Waals surface area contributed by atoms with Gasteiger partial charge in [0.2, 0.25) is 0 Å². The van der Waals surface area contributed by atoms with Crippen molar-refractivity contribution >= 4 is 5.69 Å². The maximum atomic E-state index is 3.49. The molecule has 1 aromatic carbocycles. The van der Waals surface area contributed by atoms with Crippen LogP contribution in [0.1, 0.15) is 32.4 Å². The molecule has 1 aromatic rings. The molecule has 106 valence electrons. The van der Waals surface area contributed by atoms with E-state index in [4.69, 9.17) is 0 Å². The highest BCUT2D eigenvalue weighted by Crippen LogP contribution is 2.29. The van der Waals surface area contributed by atoms with Crippen molar-refractivity contribution in [1.82, 2.24) is 10.2 Å². The smallest absolute Gasteiger partial charge is 0.0361 e. The molecule has 2 rings (SSSR count). The Labute approximate surface area is 117 Å². The molecule has 0 spiro atoms. The largest absolute Gasteiger partial charge is 0.378 e. The van der Waals surface area contributed by atoms with E-state index in [9.17, 15) is 0 Å². The summed E-state index contributed by atoms with van der Waals surface area (Å²) >= 11 is 0. The zero-order valence-electron chi connectivity index (χ0n) is 12.9. The van der Waals surface area contributed by atoms with Crippen molar-refractivity contribution < 1.29 is 0 Å². The Morgan fingerprint density at radius 1 is 1.21 bits per heavy atom. The van der Waals surface area contributed by atoms with Gasteiger partial charge in [-0.1, -0.05) is 12.1 Å². The van der Waals surface area contributed by atoms with Crippen LogP contribution >= 0.6 is 0 Å². The molecule has 1 heterocycles. The lowest BCUT2D eigenvalue weighted by atomic mass is 9.95. The number of piperazine rings is 1. The molecule has 3 heteroatoms. The zero-order chi connectivity index (χ0) is 14.0. The molecule has 1 fully saturated rings. The molecule has 0 saturated carbocycles. The minimum absolute atomic E-state index is 0.220. The van der Waals surface area contributed by atoms with Gasteiger partial charge in [0.1, 0.15) is 0 Å². The normalized spacial score (nSPS) is 21.1. The fraction of sp³-hybridized carbons (Fsp3) is 0.625. The molecule has 0 aliphatic carbocycles. The molecular formula is C16H27N3. The van der Waals surface area contributed by atoms with E-state index in [0.29, 0.717) is 6.04 Å². The maximum Gasteiger partial charge on any atom is 0.0361 e. The van der Waals surface area contributed by atoms with Gasteiger partial charge in [-0.2, -0.15) is 0 Å². The molecular weight excluding hydrogens is 234 g/mol. The van der Waals surface area contributed by atoms with E-state index in [1.165, 1.54) is 11.3 Å². The first-order valence-electron chi connectivity index (χ1n) is 7.16. The van der Waals surface area contributed by atoms with Gasteiger partial charge in [-0.3, -0.25) is 4.90 Å². The van der Waals surface area contributed by atoms with Crippen LogP contribution in [0.25, 0.3) is 0 Å².